The van der Waals surface area contributed by atoms with Gasteiger partial charge in [-0.1, -0.05) is 12.1 Å². The standard InChI is InChI=1S/C12H14FN3/c1-14-8-12-11(7-15-16(12)2)9-4-3-5-10(13)6-9/h3-7,14H,8H2,1-2H3. The fourth-order valence-electron chi connectivity index (χ4n) is 1.74. The van der Waals surface area contributed by atoms with Crippen LogP contribution in [-0.4, -0.2) is 16.8 Å². The van der Waals surface area contributed by atoms with Crippen molar-refractivity contribution in [2.45, 2.75) is 6.54 Å². The Bertz CT molecular complexity index is 491. The van der Waals surface area contributed by atoms with Gasteiger partial charge in [-0.25, -0.2) is 4.39 Å². The average Bonchev–Trinajstić information content (AvgIpc) is 2.61. The van der Waals surface area contributed by atoms with Gasteiger partial charge in [0.15, 0.2) is 0 Å². The second-order valence-corrected chi connectivity index (χ2v) is 3.67. The Morgan fingerprint density at radius 2 is 2.25 bits per heavy atom. The fourth-order valence-corrected chi connectivity index (χ4v) is 1.74. The molecule has 0 amide bonds. The summed E-state index contributed by atoms with van der Waals surface area (Å²) >= 11 is 0. The normalized spacial score (nSPS) is 10.7. The highest BCUT2D eigenvalue weighted by molar-refractivity contribution is 5.65. The molecule has 0 saturated carbocycles. The summed E-state index contributed by atoms with van der Waals surface area (Å²) in [6, 6.07) is 6.56. The Hall–Kier alpha value is -1.68. The van der Waals surface area contributed by atoms with E-state index in [0.717, 1.165) is 16.8 Å². The van der Waals surface area contributed by atoms with Gasteiger partial charge >= 0.3 is 0 Å². The Balaban J connectivity index is 2.47. The summed E-state index contributed by atoms with van der Waals surface area (Å²) in [7, 11) is 3.76. The predicted molar refractivity (Wildman–Crippen MR) is 61.4 cm³/mol. The SMILES string of the molecule is CNCc1c(-c2cccc(F)c2)cnn1C. The van der Waals surface area contributed by atoms with E-state index in [0.29, 0.717) is 6.54 Å². The summed E-state index contributed by atoms with van der Waals surface area (Å²) in [5, 5.41) is 7.28. The number of benzene rings is 1. The summed E-state index contributed by atoms with van der Waals surface area (Å²) in [6.07, 6.45) is 1.77. The van der Waals surface area contributed by atoms with Crippen LogP contribution in [0, 0.1) is 5.82 Å². The van der Waals surface area contributed by atoms with E-state index in [2.05, 4.69) is 10.4 Å². The molecule has 1 aromatic heterocycles. The molecule has 2 aromatic rings. The number of halogens is 1. The van der Waals surface area contributed by atoms with Crippen molar-refractivity contribution < 1.29 is 4.39 Å². The van der Waals surface area contributed by atoms with E-state index in [4.69, 9.17) is 0 Å². The summed E-state index contributed by atoms with van der Waals surface area (Å²) in [5.74, 6) is -0.225. The number of nitrogens with zero attached hydrogens (tertiary/aromatic N) is 2. The second-order valence-electron chi connectivity index (χ2n) is 3.67. The number of hydrogen-bond donors (Lipinski definition) is 1. The molecule has 84 valence electrons. The second kappa shape index (κ2) is 4.45. The third-order valence-corrected chi connectivity index (χ3v) is 2.54. The zero-order chi connectivity index (χ0) is 11.5. The molecule has 2 rings (SSSR count). The highest BCUT2D eigenvalue weighted by atomic mass is 19.1. The van der Waals surface area contributed by atoms with Crippen LogP contribution in [0.2, 0.25) is 0 Å². The number of nitrogens with one attached hydrogen (secondary N) is 1. The summed E-state index contributed by atoms with van der Waals surface area (Å²) < 4.78 is 14.9. The first-order valence-corrected chi connectivity index (χ1v) is 5.14. The van der Waals surface area contributed by atoms with Crippen molar-refractivity contribution in [1.82, 2.24) is 15.1 Å². The Labute approximate surface area is 93.9 Å². The van der Waals surface area contributed by atoms with Crippen LogP contribution in [0.3, 0.4) is 0 Å². The van der Waals surface area contributed by atoms with Crippen molar-refractivity contribution in [3.05, 3.63) is 42.0 Å². The van der Waals surface area contributed by atoms with Crippen molar-refractivity contribution in [2.24, 2.45) is 7.05 Å². The monoisotopic (exact) mass is 219 g/mol. The van der Waals surface area contributed by atoms with Gasteiger partial charge in [0.1, 0.15) is 5.82 Å². The molecule has 4 heteroatoms. The molecule has 0 saturated heterocycles. The first kappa shape index (κ1) is 10.8. The van der Waals surface area contributed by atoms with E-state index in [-0.39, 0.29) is 5.82 Å². The van der Waals surface area contributed by atoms with Gasteiger partial charge in [-0.2, -0.15) is 5.10 Å². The Morgan fingerprint density at radius 1 is 1.44 bits per heavy atom. The van der Waals surface area contributed by atoms with Crippen molar-refractivity contribution in [3.8, 4) is 11.1 Å². The highest BCUT2D eigenvalue weighted by Gasteiger charge is 2.09. The molecule has 0 aliphatic carbocycles. The number of rotatable bonds is 3. The molecule has 1 N–H and O–H groups in total. The van der Waals surface area contributed by atoms with Crippen molar-refractivity contribution in [1.29, 1.82) is 0 Å². The van der Waals surface area contributed by atoms with Crippen molar-refractivity contribution in [3.63, 3.8) is 0 Å². The van der Waals surface area contributed by atoms with E-state index in [1.807, 2.05) is 20.2 Å². The van der Waals surface area contributed by atoms with Crippen LogP contribution >= 0.6 is 0 Å². The maximum absolute atomic E-state index is 13.1. The number of aryl methyl sites for hydroxylation is 1. The quantitative estimate of drug-likeness (QED) is 0.855. The smallest absolute Gasteiger partial charge is 0.123 e. The van der Waals surface area contributed by atoms with Crippen LogP contribution in [0.25, 0.3) is 11.1 Å². The summed E-state index contributed by atoms with van der Waals surface area (Å²) in [5.41, 5.74) is 2.88. The molecule has 0 bridgehead atoms. The van der Waals surface area contributed by atoms with Gasteiger partial charge in [0, 0.05) is 19.2 Å². The fraction of sp³-hybridized carbons (Fsp3) is 0.250. The minimum absolute atomic E-state index is 0.225. The predicted octanol–water partition coefficient (Wildman–Crippen LogP) is 1.95. The first-order chi connectivity index (χ1) is 7.72. The molecular weight excluding hydrogens is 205 g/mol. The third kappa shape index (κ3) is 1.97. The molecular formula is C12H14FN3. The van der Waals surface area contributed by atoms with E-state index in [1.165, 1.54) is 12.1 Å². The summed E-state index contributed by atoms with van der Waals surface area (Å²) in [4.78, 5) is 0. The van der Waals surface area contributed by atoms with Gasteiger partial charge in [-0.3, -0.25) is 4.68 Å². The molecule has 0 unspecified atom stereocenters. The van der Waals surface area contributed by atoms with Gasteiger partial charge in [-0.15, -0.1) is 0 Å². The van der Waals surface area contributed by atoms with E-state index < -0.39 is 0 Å². The average molecular weight is 219 g/mol. The molecule has 0 atom stereocenters. The minimum atomic E-state index is -0.225. The molecule has 0 aliphatic heterocycles. The van der Waals surface area contributed by atoms with Crippen LogP contribution < -0.4 is 5.32 Å². The highest BCUT2D eigenvalue weighted by Crippen LogP contribution is 2.23. The van der Waals surface area contributed by atoms with Crippen molar-refractivity contribution in [2.75, 3.05) is 7.05 Å². The van der Waals surface area contributed by atoms with Crippen molar-refractivity contribution >= 4 is 0 Å². The zero-order valence-electron chi connectivity index (χ0n) is 9.37. The van der Waals surface area contributed by atoms with Gasteiger partial charge in [0.25, 0.3) is 0 Å². The lowest BCUT2D eigenvalue weighted by Crippen LogP contribution is -2.10. The van der Waals surface area contributed by atoms with Crippen LogP contribution in [-0.2, 0) is 13.6 Å². The maximum atomic E-state index is 13.1. The lowest BCUT2D eigenvalue weighted by atomic mass is 10.1. The molecule has 1 heterocycles. The van der Waals surface area contributed by atoms with E-state index >= 15 is 0 Å². The first-order valence-electron chi connectivity index (χ1n) is 5.14. The van der Waals surface area contributed by atoms with Gasteiger partial charge in [0.05, 0.1) is 11.9 Å². The topological polar surface area (TPSA) is 29.9 Å². The molecule has 0 aliphatic rings. The van der Waals surface area contributed by atoms with Crippen LogP contribution in [0.15, 0.2) is 30.5 Å². The Morgan fingerprint density at radius 3 is 2.94 bits per heavy atom. The van der Waals surface area contributed by atoms with E-state index in [1.54, 1.807) is 16.9 Å². The maximum Gasteiger partial charge on any atom is 0.123 e. The Kier molecular flexibility index (Phi) is 3.01. The molecule has 1 aromatic carbocycles. The molecule has 3 nitrogen and oxygen atoms in total. The lowest BCUT2D eigenvalue weighted by molar-refractivity contribution is 0.628. The third-order valence-electron chi connectivity index (χ3n) is 2.54. The molecule has 0 fully saturated rings. The number of hydrogen-bond acceptors (Lipinski definition) is 2. The largest absolute Gasteiger partial charge is 0.314 e. The van der Waals surface area contributed by atoms with Crippen LogP contribution in [0.4, 0.5) is 4.39 Å². The van der Waals surface area contributed by atoms with E-state index in [9.17, 15) is 4.39 Å². The molecule has 16 heavy (non-hydrogen) atoms. The van der Waals surface area contributed by atoms with Crippen LogP contribution in [0.1, 0.15) is 5.69 Å². The zero-order valence-corrected chi connectivity index (χ0v) is 9.37. The lowest BCUT2D eigenvalue weighted by Gasteiger charge is -2.05. The van der Waals surface area contributed by atoms with Crippen LogP contribution in [0.5, 0.6) is 0 Å². The minimum Gasteiger partial charge on any atom is -0.314 e. The molecule has 0 radical (unpaired) electrons. The molecule has 0 spiro atoms. The van der Waals surface area contributed by atoms with Gasteiger partial charge < -0.3 is 5.32 Å². The van der Waals surface area contributed by atoms with Gasteiger partial charge in [0.2, 0.25) is 0 Å². The van der Waals surface area contributed by atoms with Gasteiger partial charge in [-0.05, 0) is 24.7 Å². The number of aromatic nitrogens is 2. The summed E-state index contributed by atoms with van der Waals surface area (Å²) in [6.45, 7) is 0.711.